The first-order valence-electron chi connectivity index (χ1n) is 5.10. The van der Waals surface area contributed by atoms with Gasteiger partial charge in [0, 0.05) is 13.6 Å². The number of nitrogens with zero attached hydrogens (tertiary/aromatic N) is 2. The highest BCUT2D eigenvalue weighted by molar-refractivity contribution is 5.60. The zero-order valence-electron chi connectivity index (χ0n) is 9.45. The van der Waals surface area contributed by atoms with Crippen LogP contribution in [-0.2, 0) is 0 Å². The van der Waals surface area contributed by atoms with Gasteiger partial charge in [0.15, 0.2) is 5.82 Å². The fourth-order valence-corrected chi connectivity index (χ4v) is 1.39. The molecular weight excluding hydrogens is 192 g/mol. The molecule has 0 bridgehead atoms. The molecule has 5 heteroatoms. The summed E-state index contributed by atoms with van der Waals surface area (Å²) in [6, 6.07) is 0. The number of nitrogens with one attached hydrogen (secondary N) is 1. The first-order valence-corrected chi connectivity index (χ1v) is 5.10. The molecule has 0 aliphatic rings. The van der Waals surface area contributed by atoms with Crippen molar-refractivity contribution in [3.05, 3.63) is 16.7 Å². The highest BCUT2D eigenvalue weighted by Crippen LogP contribution is 2.15. The van der Waals surface area contributed by atoms with Gasteiger partial charge in [-0.25, -0.2) is 4.98 Å². The number of anilines is 2. The lowest BCUT2D eigenvalue weighted by atomic mass is 10.1. The summed E-state index contributed by atoms with van der Waals surface area (Å²) in [6.07, 6.45) is 2.47. The summed E-state index contributed by atoms with van der Waals surface area (Å²) in [5.41, 5.74) is 5.55. The number of aromatic amines is 1. The Balaban J connectivity index is 2.87. The molecule has 3 N–H and O–H groups in total. The molecule has 0 amide bonds. The number of H-pyrrole nitrogens is 1. The second-order valence-electron chi connectivity index (χ2n) is 3.86. The van der Waals surface area contributed by atoms with E-state index in [9.17, 15) is 4.79 Å². The van der Waals surface area contributed by atoms with Crippen molar-refractivity contribution in [3.8, 4) is 0 Å². The minimum absolute atomic E-state index is 0.184. The van der Waals surface area contributed by atoms with Gasteiger partial charge in [-0.15, -0.1) is 0 Å². The average molecular weight is 210 g/mol. The van der Waals surface area contributed by atoms with E-state index in [0.29, 0.717) is 11.7 Å². The Labute approximate surface area is 89.3 Å². The molecule has 1 atom stereocenters. The van der Waals surface area contributed by atoms with Crippen molar-refractivity contribution < 1.29 is 0 Å². The van der Waals surface area contributed by atoms with Crippen LogP contribution in [0.4, 0.5) is 11.5 Å². The van der Waals surface area contributed by atoms with Gasteiger partial charge in [-0.1, -0.05) is 20.3 Å². The third-order valence-electron chi connectivity index (χ3n) is 2.51. The molecule has 0 aliphatic heterocycles. The number of hydrogen-bond acceptors (Lipinski definition) is 4. The Bertz CT molecular complexity index is 374. The lowest BCUT2D eigenvalue weighted by Gasteiger charge is -2.22. The lowest BCUT2D eigenvalue weighted by molar-refractivity contribution is 0.558. The molecule has 1 aromatic heterocycles. The maximum absolute atomic E-state index is 11.3. The Morgan fingerprint density at radius 1 is 1.67 bits per heavy atom. The van der Waals surface area contributed by atoms with E-state index in [2.05, 4.69) is 23.8 Å². The molecule has 1 aromatic rings. The summed E-state index contributed by atoms with van der Waals surface area (Å²) in [4.78, 5) is 19.7. The van der Waals surface area contributed by atoms with Gasteiger partial charge in [-0.3, -0.25) is 4.79 Å². The molecule has 84 valence electrons. The number of nitrogen functional groups attached to an aromatic ring is 1. The van der Waals surface area contributed by atoms with Crippen molar-refractivity contribution in [2.75, 3.05) is 24.2 Å². The third-order valence-corrected chi connectivity index (χ3v) is 2.51. The summed E-state index contributed by atoms with van der Waals surface area (Å²) < 4.78 is 0. The topological polar surface area (TPSA) is 75.0 Å². The summed E-state index contributed by atoms with van der Waals surface area (Å²) >= 11 is 0. The van der Waals surface area contributed by atoms with Crippen LogP contribution in [0, 0.1) is 5.92 Å². The maximum Gasteiger partial charge on any atom is 0.276 e. The summed E-state index contributed by atoms with van der Waals surface area (Å²) in [5.74, 6) is 1.11. The van der Waals surface area contributed by atoms with E-state index in [-0.39, 0.29) is 11.2 Å². The van der Waals surface area contributed by atoms with Crippen molar-refractivity contribution >= 4 is 11.5 Å². The highest BCUT2D eigenvalue weighted by Gasteiger charge is 2.11. The van der Waals surface area contributed by atoms with Crippen LogP contribution < -0.4 is 16.2 Å². The minimum atomic E-state index is -0.281. The minimum Gasteiger partial charge on any atom is -0.391 e. The van der Waals surface area contributed by atoms with Gasteiger partial charge in [0.25, 0.3) is 5.56 Å². The van der Waals surface area contributed by atoms with Gasteiger partial charge in [0.2, 0.25) is 0 Å². The maximum atomic E-state index is 11.3. The van der Waals surface area contributed by atoms with Gasteiger partial charge in [-0.05, 0) is 5.92 Å². The van der Waals surface area contributed by atoms with Crippen molar-refractivity contribution in [1.29, 1.82) is 0 Å². The normalized spacial score (nSPS) is 12.5. The van der Waals surface area contributed by atoms with Crippen molar-refractivity contribution in [1.82, 2.24) is 9.97 Å². The zero-order chi connectivity index (χ0) is 11.4. The number of hydrogen-bond donors (Lipinski definition) is 2. The Morgan fingerprint density at radius 3 is 2.93 bits per heavy atom. The quantitative estimate of drug-likeness (QED) is 0.772. The van der Waals surface area contributed by atoms with Crippen LogP contribution in [0.5, 0.6) is 0 Å². The van der Waals surface area contributed by atoms with E-state index in [1.165, 1.54) is 6.33 Å². The summed E-state index contributed by atoms with van der Waals surface area (Å²) in [7, 11) is 1.89. The van der Waals surface area contributed by atoms with Crippen molar-refractivity contribution in [2.45, 2.75) is 20.3 Å². The van der Waals surface area contributed by atoms with Crippen LogP contribution in [0.25, 0.3) is 0 Å². The average Bonchev–Trinajstić information content (AvgIpc) is 2.21. The van der Waals surface area contributed by atoms with Gasteiger partial charge < -0.3 is 15.6 Å². The van der Waals surface area contributed by atoms with Gasteiger partial charge in [0.1, 0.15) is 5.69 Å². The smallest absolute Gasteiger partial charge is 0.276 e. The molecule has 0 radical (unpaired) electrons. The second kappa shape index (κ2) is 4.82. The molecule has 0 aromatic carbocycles. The Morgan fingerprint density at radius 2 is 2.33 bits per heavy atom. The summed E-state index contributed by atoms with van der Waals surface area (Å²) in [5, 5.41) is 0. The Kier molecular flexibility index (Phi) is 3.71. The van der Waals surface area contributed by atoms with Crippen LogP contribution in [-0.4, -0.2) is 23.6 Å². The van der Waals surface area contributed by atoms with Crippen LogP contribution in [0.3, 0.4) is 0 Å². The van der Waals surface area contributed by atoms with Crippen molar-refractivity contribution in [3.63, 3.8) is 0 Å². The lowest BCUT2D eigenvalue weighted by Crippen LogP contribution is -2.28. The van der Waals surface area contributed by atoms with E-state index in [1.807, 2.05) is 11.9 Å². The second-order valence-corrected chi connectivity index (χ2v) is 3.86. The Hall–Kier alpha value is -1.52. The molecular formula is C10H18N4O. The summed E-state index contributed by atoms with van der Waals surface area (Å²) in [6.45, 7) is 5.13. The van der Waals surface area contributed by atoms with Crippen LogP contribution >= 0.6 is 0 Å². The van der Waals surface area contributed by atoms with E-state index < -0.39 is 0 Å². The number of aromatic nitrogens is 2. The molecule has 5 nitrogen and oxygen atoms in total. The van der Waals surface area contributed by atoms with E-state index in [0.717, 1.165) is 13.0 Å². The monoisotopic (exact) mass is 210 g/mol. The predicted molar refractivity (Wildman–Crippen MR) is 62.0 cm³/mol. The highest BCUT2D eigenvalue weighted by atomic mass is 16.1. The fourth-order valence-electron chi connectivity index (χ4n) is 1.39. The standard InChI is InChI=1S/C10H18N4O/c1-4-7(2)5-14(3)9-8(11)10(15)13-6-12-9/h6-7H,4-5,11H2,1-3H3,(H,12,13,15). The molecule has 1 heterocycles. The molecule has 0 spiro atoms. The van der Waals surface area contributed by atoms with E-state index >= 15 is 0 Å². The van der Waals surface area contributed by atoms with Crippen LogP contribution in [0.15, 0.2) is 11.1 Å². The largest absolute Gasteiger partial charge is 0.391 e. The van der Waals surface area contributed by atoms with E-state index in [1.54, 1.807) is 0 Å². The first-order chi connectivity index (χ1) is 7.06. The molecule has 15 heavy (non-hydrogen) atoms. The first kappa shape index (κ1) is 11.6. The molecule has 1 unspecified atom stereocenters. The fraction of sp³-hybridized carbons (Fsp3) is 0.600. The van der Waals surface area contributed by atoms with Crippen LogP contribution in [0.2, 0.25) is 0 Å². The SMILES string of the molecule is CCC(C)CN(C)c1nc[nH]c(=O)c1N. The van der Waals surface area contributed by atoms with Gasteiger partial charge in [0.05, 0.1) is 6.33 Å². The number of nitrogens with two attached hydrogens (primary N) is 1. The van der Waals surface area contributed by atoms with E-state index in [4.69, 9.17) is 5.73 Å². The molecule has 0 saturated carbocycles. The third kappa shape index (κ3) is 2.71. The number of rotatable bonds is 4. The molecule has 0 aliphatic carbocycles. The predicted octanol–water partition coefficient (Wildman–Crippen LogP) is 0.834. The van der Waals surface area contributed by atoms with Crippen molar-refractivity contribution in [2.24, 2.45) is 5.92 Å². The molecule has 0 saturated heterocycles. The van der Waals surface area contributed by atoms with Crippen LogP contribution in [0.1, 0.15) is 20.3 Å². The zero-order valence-corrected chi connectivity index (χ0v) is 9.45. The molecule has 0 fully saturated rings. The van der Waals surface area contributed by atoms with Gasteiger partial charge >= 0.3 is 0 Å². The van der Waals surface area contributed by atoms with Gasteiger partial charge in [-0.2, -0.15) is 0 Å². The molecule has 1 rings (SSSR count).